The molecule has 260 valence electrons. The van der Waals surface area contributed by atoms with Gasteiger partial charge in [0.05, 0.1) is 38.1 Å². The number of likely N-dealkylation sites (N-methyl/N-ethyl adjacent to an activating group) is 2. The van der Waals surface area contributed by atoms with Crippen LogP contribution in [-0.2, 0) is 14.2 Å². The van der Waals surface area contributed by atoms with Gasteiger partial charge in [0.25, 0.3) is 0 Å². The molecule has 8 heteroatoms. The summed E-state index contributed by atoms with van der Waals surface area (Å²) in [7, 11) is 4.31. The summed E-state index contributed by atoms with van der Waals surface area (Å²) >= 11 is 0. The van der Waals surface area contributed by atoms with Crippen LogP contribution in [-0.4, -0.2) is 137 Å². The van der Waals surface area contributed by atoms with Crippen LogP contribution in [0.5, 0.6) is 0 Å². The SMILES string of the molecule is CC1CCC(C(C)C)C(OCC(O)CN2CCN(C)CC2)C1.CC1CCC(C(C)C)C(OCC2CO2)C1.CN1CCNCC1. The number of β-amino-alcohol motifs (C(OH)–C–C–N with tert-alkyl or cyclic N) is 1. The van der Waals surface area contributed by atoms with E-state index in [9.17, 15) is 5.11 Å². The highest BCUT2D eigenvalue weighted by Crippen LogP contribution is 2.36. The van der Waals surface area contributed by atoms with E-state index in [0.717, 1.165) is 89.1 Å². The lowest BCUT2D eigenvalue weighted by Gasteiger charge is -2.38. The Labute approximate surface area is 271 Å². The fourth-order valence-corrected chi connectivity index (χ4v) is 7.40. The lowest BCUT2D eigenvalue weighted by atomic mass is 9.75. The Morgan fingerprint density at radius 1 is 0.750 bits per heavy atom. The first-order valence-electron chi connectivity index (χ1n) is 18.3. The predicted molar refractivity (Wildman–Crippen MR) is 182 cm³/mol. The standard InChI is InChI=1S/C18H36N2O2.C13H24O2.C5H12N2/c1-14(2)17-6-5-15(3)11-18(17)22-13-16(21)12-20-9-7-19(4)8-10-20;1-9(2)12-5-4-10(3)6-13(12)15-8-11-7-14-11;1-7-4-2-6-3-5-7/h14-18,21H,5-13H2,1-4H3;9-13H,4-8H2,1-3H3;6H,2-5H2,1H3. The van der Waals surface area contributed by atoms with Gasteiger partial charge < -0.3 is 34.4 Å². The van der Waals surface area contributed by atoms with Crippen LogP contribution in [0.2, 0.25) is 0 Å². The molecule has 8 atom stereocenters. The van der Waals surface area contributed by atoms with Crippen molar-refractivity contribution in [3.8, 4) is 0 Å². The van der Waals surface area contributed by atoms with Crippen molar-refractivity contribution < 1.29 is 19.3 Å². The molecule has 8 unspecified atom stereocenters. The molecule has 5 aliphatic rings. The maximum absolute atomic E-state index is 10.3. The number of aliphatic hydroxyl groups is 1. The van der Waals surface area contributed by atoms with Crippen molar-refractivity contribution in [3.63, 3.8) is 0 Å². The predicted octanol–water partition coefficient (Wildman–Crippen LogP) is 4.46. The average molecular weight is 625 g/mol. The Hall–Kier alpha value is -0.320. The third-order valence-electron chi connectivity index (χ3n) is 10.7. The maximum Gasteiger partial charge on any atom is 0.104 e. The molecular weight excluding hydrogens is 552 g/mol. The average Bonchev–Trinajstić information content (AvgIpc) is 3.82. The van der Waals surface area contributed by atoms with Crippen LogP contribution < -0.4 is 5.32 Å². The number of nitrogens with zero attached hydrogens (tertiary/aromatic N) is 3. The first-order chi connectivity index (χ1) is 21.0. The molecule has 0 aromatic carbocycles. The van der Waals surface area contributed by atoms with Crippen molar-refractivity contribution in [1.29, 1.82) is 0 Å². The minimum absolute atomic E-state index is 0.339. The number of piperazine rings is 2. The van der Waals surface area contributed by atoms with E-state index in [-0.39, 0.29) is 6.10 Å². The van der Waals surface area contributed by atoms with E-state index in [1.165, 1.54) is 45.2 Å². The number of nitrogens with one attached hydrogen (secondary N) is 1. The number of ether oxygens (including phenoxy) is 3. The normalized spacial score (nSPS) is 34.6. The molecule has 2 saturated carbocycles. The van der Waals surface area contributed by atoms with Gasteiger partial charge in [-0.25, -0.2) is 0 Å². The molecule has 5 fully saturated rings. The molecule has 3 aliphatic heterocycles. The van der Waals surface area contributed by atoms with Gasteiger partial charge in [-0.1, -0.05) is 54.4 Å². The zero-order chi connectivity index (χ0) is 32.1. The third-order valence-corrected chi connectivity index (χ3v) is 10.7. The van der Waals surface area contributed by atoms with Crippen LogP contribution >= 0.6 is 0 Å². The Balaban J connectivity index is 0.000000205. The molecule has 2 N–H and O–H groups in total. The molecule has 3 saturated heterocycles. The lowest BCUT2D eigenvalue weighted by molar-refractivity contribution is -0.0751. The van der Waals surface area contributed by atoms with Gasteiger partial charge in [0.2, 0.25) is 0 Å². The van der Waals surface area contributed by atoms with Crippen LogP contribution in [0, 0.1) is 35.5 Å². The van der Waals surface area contributed by atoms with Gasteiger partial charge in [-0.3, -0.25) is 4.90 Å². The van der Waals surface area contributed by atoms with Crippen molar-refractivity contribution in [3.05, 3.63) is 0 Å². The zero-order valence-corrected chi connectivity index (χ0v) is 30.0. The molecule has 0 aromatic heterocycles. The summed E-state index contributed by atoms with van der Waals surface area (Å²) in [6.45, 7) is 26.0. The van der Waals surface area contributed by atoms with Gasteiger partial charge in [0, 0.05) is 58.9 Å². The maximum atomic E-state index is 10.3. The molecule has 2 aliphatic carbocycles. The molecule has 5 rings (SSSR count). The van der Waals surface area contributed by atoms with Gasteiger partial charge in [0.1, 0.15) is 6.10 Å². The molecule has 0 bridgehead atoms. The van der Waals surface area contributed by atoms with Gasteiger partial charge in [0.15, 0.2) is 0 Å². The van der Waals surface area contributed by atoms with Crippen molar-refractivity contribution in [2.75, 3.05) is 92.8 Å². The summed E-state index contributed by atoms with van der Waals surface area (Å²) in [4.78, 5) is 7.03. The van der Waals surface area contributed by atoms with E-state index in [1.54, 1.807) is 0 Å². The number of epoxide rings is 1. The Bertz CT molecular complexity index is 740. The highest BCUT2D eigenvalue weighted by atomic mass is 16.6. The van der Waals surface area contributed by atoms with Gasteiger partial charge in [-0.15, -0.1) is 0 Å². The third kappa shape index (κ3) is 14.6. The number of rotatable bonds is 10. The van der Waals surface area contributed by atoms with Crippen LogP contribution in [0.4, 0.5) is 0 Å². The number of hydrogen-bond donors (Lipinski definition) is 2. The smallest absolute Gasteiger partial charge is 0.104 e. The van der Waals surface area contributed by atoms with Crippen LogP contribution in [0.15, 0.2) is 0 Å². The van der Waals surface area contributed by atoms with E-state index in [4.69, 9.17) is 14.2 Å². The summed E-state index contributed by atoms with van der Waals surface area (Å²) in [5.41, 5.74) is 0. The summed E-state index contributed by atoms with van der Waals surface area (Å²) in [6.07, 6.45) is 8.61. The monoisotopic (exact) mass is 625 g/mol. The molecule has 0 radical (unpaired) electrons. The zero-order valence-electron chi connectivity index (χ0n) is 30.0. The van der Waals surface area contributed by atoms with E-state index >= 15 is 0 Å². The topological polar surface area (TPSA) is 73.0 Å². The lowest BCUT2D eigenvalue weighted by Crippen LogP contribution is -2.48. The van der Waals surface area contributed by atoms with E-state index in [2.05, 4.69) is 75.7 Å². The molecular formula is C36H72N4O4. The minimum atomic E-state index is -0.353. The molecule has 0 spiro atoms. The molecule has 44 heavy (non-hydrogen) atoms. The van der Waals surface area contributed by atoms with E-state index in [1.807, 2.05) is 0 Å². The Kier molecular flexibility index (Phi) is 17.5. The molecule has 3 heterocycles. The largest absolute Gasteiger partial charge is 0.389 e. The molecule has 0 aromatic rings. The summed E-state index contributed by atoms with van der Waals surface area (Å²) in [5, 5.41) is 13.6. The van der Waals surface area contributed by atoms with E-state index in [0.29, 0.717) is 36.8 Å². The van der Waals surface area contributed by atoms with Crippen molar-refractivity contribution in [2.24, 2.45) is 35.5 Å². The molecule has 0 amide bonds. The minimum Gasteiger partial charge on any atom is -0.389 e. The summed E-state index contributed by atoms with van der Waals surface area (Å²) in [6, 6.07) is 0. The van der Waals surface area contributed by atoms with Crippen LogP contribution in [0.25, 0.3) is 0 Å². The fourth-order valence-electron chi connectivity index (χ4n) is 7.40. The summed E-state index contributed by atoms with van der Waals surface area (Å²) in [5.74, 6) is 4.45. The highest BCUT2D eigenvalue weighted by molar-refractivity contribution is 4.83. The van der Waals surface area contributed by atoms with Crippen molar-refractivity contribution in [2.45, 2.75) is 104 Å². The fraction of sp³-hybridized carbons (Fsp3) is 1.00. The Morgan fingerprint density at radius 2 is 1.25 bits per heavy atom. The second-order valence-electron chi connectivity index (χ2n) is 15.7. The van der Waals surface area contributed by atoms with Crippen LogP contribution in [0.3, 0.4) is 0 Å². The summed E-state index contributed by atoms with van der Waals surface area (Å²) < 4.78 is 17.4. The van der Waals surface area contributed by atoms with Crippen molar-refractivity contribution >= 4 is 0 Å². The van der Waals surface area contributed by atoms with Gasteiger partial charge >= 0.3 is 0 Å². The van der Waals surface area contributed by atoms with Gasteiger partial charge in [-0.2, -0.15) is 0 Å². The second kappa shape index (κ2) is 20.1. The first-order valence-corrected chi connectivity index (χ1v) is 18.3. The molecule has 8 nitrogen and oxygen atoms in total. The quantitative estimate of drug-likeness (QED) is 0.346. The number of aliphatic hydroxyl groups excluding tert-OH is 1. The Morgan fingerprint density at radius 3 is 1.70 bits per heavy atom. The first kappa shape index (κ1) is 38.1. The van der Waals surface area contributed by atoms with Crippen molar-refractivity contribution in [1.82, 2.24) is 20.0 Å². The number of hydrogen-bond acceptors (Lipinski definition) is 8. The van der Waals surface area contributed by atoms with Crippen LogP contribution in [0.1, 0.15) is 80.1 Å². The van der Waals surface area contributed by atoms with Gasteiger partial charge in [-0.05, 0) is 75.3 Å². The van der Waals surface area contributed by atoms with E-state index < -0.39 is 0 Å². The highest BCUT2D eigenvalue weighted by Gasteiger charge is 2.34. The second-order valence-corrected chi connectivity index (χ2v) is 15.7.